The van der Waals surface area contributed by atoms with Crippen LogP contribution in [0.15, 0.2) is 97.4 Å². The van der Waals surface area contributed by atoms with E-state index in [0.29, 0.717) is 53.1 Å². The molecule has 0 N–H and O–H groups in total. The molecule has 0 saturated heterocycles. The van der Waals surface area contributed by atoms with Crippen molar-refractivity contribution in [2.24, 2.45) is 16.8 Å². The van der Waals surface area contributed by atoms with Gasteiger partial charge in [0, 0.05) is 74.1 Å². The lowest BCUT2D eigenvalue weighted by Crippen LogP contribution is -2.38. The summed E-state index contributed by atoms with van der Waals surface area (Å²) in [6.07, 6.45) is 77.7. The molecule has 0 spiro atoms. The summed E-state index contributed by atoms with van der Waals surface area (Å²) in [6.45, 7) is 15.8. The number of amides is 2. The predicted octanol–water partition coefficient (Wildman–Crippen LogP) is 32.7. The molecule has 4 aromatic rings. The van der Waals surface area contributed by atoms with Crippen LogP contribution in [0.5, 0.6) is 0 Å². The number of aliphatic imine (C=N–C) groups is 1. The van der Waals surface area contributed by atoms with Crippen molar-refractivity contribution in [1.82, 2.24) is 14.8 Å². The third kappa shape index (κ3) is 28.3. The Kier molecular flexibility index (Phi) is 42.1. The second kappa shape index (κ2) is 51.6. The minimum atomic E-state index is -0.125. The number of carbonyl (C=O) groups is 2. The highest BCUT2D eigenvalue weighted by Crippen LogP contribution is 2.55. The number of aryl methyl sites for hydroxylation is 1. The van der Waals surface area contributed by atoms with Crippen molar-refractivity contribution in [3.05, 3.63) is 102 Å². The Morgan fingerprint density at radius 1 is 0.382 bits per heavy atom. The molecule has 610 valence electrons. The van der Waals surface area contributed by atoms with E-state index in [9.17, 15) is 0 Å². The molecule has 14 heteroatoms. The molecule has 0 bridgehead atoms. The molecule has 110 heavy (non-hydrogen) atoms. The third-order valence-corrected chi connectivity index (χ3v) is 35.1. The second-order valence-corrected chi connectivity index (χ2v) is 43.0. The van der Waals surface area contributed by atoms with Gasteiger partial charge in [-0.3, -0.25) is 14.6 Å². The van der Waals surface area contributed by atoms with Gasteiger partial charge in [0.05, 0.1) is 44.1 Å². The lowest BCUT2D eigenvalue weighted by Gasteiger charge is -2.31. The maximum atomic E-state index is 16.7. The minimum Gasteiger partial charge on any atom is -0.310 e. The normalized spacial score (nSPS) is 19.2. The van der Waals surface area contributed by atoms with E-state index in [1.807, 2.05) is 45.8 Å². The van der Waals surface area contributed by atoms with Gasteiger partial charge in [0.15, 0.2) is 0 Å². The van der Waals surface area contributed by atoms with Crippen molar-refractivity contribution in [2.45, 2.75) is 403 Å². The standard InChI is InChI=1S/C96H146N4O2S8/c1-7-13-19-25-29-33-35-39-43-47-53-73(51-45-41-37-31-27-21-15-9-3)71-99-91(87-69-97-93(109-87)85-67-65-83(107-85)81-63-61-79(105-81)77-59-57-75(103-77)55-49-23-17-11-5)89-90(95(99)101)92(100(96(89)102)72-74(52-46-42-38-32-28-22-16-10-4)54-48-44-40-36-34-30-26-20-14-8-2)88-70-98-94(110-88)86-68-66-84(108-86)82-64-62-80(106-82)78-60-58-76(104-78)56-50-24-18-12-6/h57,59-63,65,67-69,73-74,76,82,84,88H,7-56,58,64,66,70-72H2,1-6H3. The Morgan fingerprint density at radius 2 is 0.782 bits per heavy atom. The van der Waals surface area contributed by atoms with Crippen molar-refractivity contribution < 1.29 is 9.59 Å². The van der Waals surface area contributed by atoms with Gasteiger partial charge >= 0.3 is 0 Å². The van der Waals surface area contributed by atoms with Gasteiger partial charge in [-0.25, -0.2) is 4.98 Å². The molecule has 0 aliphatic carbocycles. The van der Waals surface area contributed by atoms with Crippen LogP contribution in [-0.2, 0) is 16.0 Å². The monoisotopic (exact) mass is 1640 g/mol. The third-order valence-electron chi connectivity index (χ3n) is 24.2. The number of thiophene rings is 3. The summed E-state index contributed by atoms with van der Waals surface area (Å²) in [4.78, 5) is 61.9. The van der Waals surface area contributed by atoms with Gasteiger partial charge in [0.2, 0.25) is 0 Å². The molecule has 6 nitrogen and oxygen atoms in total. The predicted molar refractivity (Wildman–Crippen MR) is 496 cm³/mol. The molecule has 0 saturated carbocycles. The molecule has 2 amide bonds. The zero-order valence-corrected chi connectivity index (χ0v) is 76.2. The zero-order valence-electron chi connectivity index (χ0n) is 69.7. The van der Waals surface area contributed by atoms with Gasteiger partial charge in [-0.1, -0.05) is 348 Å². The molecule has 6 aliphatic heterocycles. The van der Waals surface area contributed by atoms with E-state index < -0.39 is 0 Å². The van der Waals surface area contributed by atoms with Crippen molar-refractivity contribution in [3.8, 4) is 29.4 Å². The van der Waals surface area contributed by atoms with Crippen molar-refractivity contribution in [1.29, 1.82) is 0 Å². The Balaban J connectivity index is 0.947. The summed E-state index contributed by atoms with van der Waals surface area (Å²) in [6, 6.07) is 13.9. The molecule has 10 rings (SSSR count). The van der Waals surface area contributed by atoms with E-state index in [-0.39, 0.29) is 17.1 Å². The first kappa shape index (κ1) is 89.8. The Labute approximate surface area is 704 Å². The number of hydrogen-bond acceptors (Lipinski definition) is 12. The van der Waals surface area contributed by atoms with Crippen LogP contribution in [0.2, 0.25) is 0 Å². The van der Waals surface area contributed by atoms with Gasteiger partial charge in [-0.2, -0.15) is 0 Å². The van der Waals surface area contributed by atoms with E-state index in [1.54, 1.807) is 11.3 Å². The quantitative estimate of drug-likeness (QED) is 0.0408. The number of allylic oxidation sites excluding steroid dienone is 3. The number of hydrogen-bond donors (Lipinski definition) is 0. The molecule has 4 aromatic heterocycles. The first-order valence-corrected chi connectivity index (χ1v) is 52.7. The summed E-state index contributed by atoms with van der Waals surface area (Å²) in [5.74, 6) is 0.811. The van der Waals surface area contributed by atoms with E-state index in [4.69, 9.17) is 9.98 Å². The SMILES string of the molecule is CCCCCCCCCCCCC(CCCCCCCCCC)CN1C(=O)C2=C(C3CN=C(C4=CCC(C5CC=C(C6=CCC(CCCCCC)S6)S5)S4)S3)N(CC(CCCCCCCCCC)CCCCCCCCCCCC)C(=O)C2=C1c1cnc(-c2ccc(-c3ccc(-c4ccc(CCCCCC)s4)s3)s2)s1. The number of rotatable bonds is 62. The fourth-order valence-electron chi connectivity index (χ4n) is 17.6. The van der Waals surface area contributed by atoms with Crippen LogP contribution in [0.4, 0.5) is 0 Å². The summed E-state index contributed by atoms with van der Waals surface area (Å²) in [5, 5.41) is 3.75. The summed E-state index contributed by atoms with van der Waals surface area (Å²) < 4.78 is 0. The summed E-state index contributed by atoms with van der Waals surface area (Å²) in [7, 11) is 0. The zero-order chi connectivity index (χ0) is 76.8. The van der Waals surface area contributed by atoms with Gasteiger partial charge in [-0.05, 0) is 112 Å². The Bertz CT molecular complexity index is 3520. The largest absolute Gasteiger partial charge is 0.310 e. The highest BCUT2D eigenvalue weighted by atomic mass is 32.2. The van der Waals surface area contributed by atoms with E-state index in [1.165, 1.54) is 341 Å². The number of unbranched alkanes of at least 4 members (excludes halogenated alkanes) is 38. The molecule has 0 fully saturated rings. The van der Waals surface area contributed by atoms with Crippen molar-refractivity contribution in [2.75, 3.05) is 19.6 Å². The summed E-state index contributed by atoms with van der Waals surface area (Å²) >= 11 is 15.6. The number of fused-ring (bicyclic) bond motifs is 1. The molecule has 6 aliphatic rings. The first-order valence-electron chi connectivity index (χ1n) is 45.9. The van der Waals surface area contributed by atoms with Crippen LogP contribution in [0, 0.1) is 11.8 Å². The highest BCUT2D eigenvalue weighted by Gasteiger charge is 2.52. The minimum absolute atomic E-state index is 0.0545. The van der Waals surface area contributed by atoms with Crippen LogP contribution >= 0.6 is 92.4 Å². The second-order valence-electron chi connectivity index (χ2n) is 33.5. The maximum Gasteiger partial charge on any atom is 0.261 e. The van der Waals surface area contributed by atoms with Crippen LogP contribution < -0.4 is 0 Å². The lowest BCUT2D eigenvalue weighted by molar-refractivity contribution is -0.125. The number of thiazole rings is 1. The van der Waals surface area contributed by atoms with Crippen LogP contribution in [-0.4, -0.2) is 72.3 Å². The van der Waals surface area contributed by atoms with Gasteiger partial charge < -0.3 is 9.80 Å². The molecule has 0 aromatic carbocycles. The van der Waals surface area contributed by atoms with Crippen LogP contribution in [0.1, 0.15) is 385 Å². The smallest absolute Gasteiger partial charge is 0.261 e. The Morgan fingerprint density at radius 3 is 1.30 bits per heavy atom. The molecule has 6 atom stereocenters. The number of carbonyl (C=O) groups excluding carboxylic acids is 2. The van der Waals surface area contributed by atoms with Gasteiger partial charge in [0.1, 0.15) is 10.1 Å². The summed E-state index contributed by atoms with van der Waals surface area (Å²) in [5.41, 5.74) is 3.17. The average Bonchev–Trinajstić information content (AvgIpc) is 1.55. The number of thioether (sulfide) groups is 4. The van der Waals surface area contributed by atoms with Crippen molar-refractivity contribution >= 4 is 115 Å². The molecular formula is C96H146N4O2S8. The molecule has 10 heterocycles. The lowest BCUT2D eigenvalue weighted by atomic mass is 9.93. The molecule has 0 radical (unpaired) electrons. The average molecular weight is 1640 g/mol. The number of nitrogens with zero attached hydrogens (tertiary/aromatic N) is 4. The van der Waals surface area contributed by atoms with E-state index >= 15 is 9.59 Å². The molecular weight excluding hydrogens is 1500 g/mol. The van der Waals surface area contributed by atoms with E-state index in [2.05, 4.69) is 147 Å². The van der Waals surface area contributed by atoms with Gasteiger partial charge in [0.25, 0.3) is 11.8 Å². The van der Waals surface area contributed by atoms with E-state index in [0.717, 1.165) is 75.0 Å². The fourth-order valence-corrected chi connectivity index (χ4v) is 27.4. The first-order chi connectivity index (χ1) is 54.2. The maximum absolute atomic E-state index is 16.7. The highest BCUT2D eigenvalue weighted by molar-refractivity contribution is 8.19. The Hall–Kier alpha value is -2.56. The van der Waals surface area contributed by atoms with Crippen LogP contribution in [0.25, 0.3) is 35.1 Å². The van der Waals surface area contributed by atoms with Crippen LogP contribution in [0.3, 0.4) is 0 Å². The van der Waals surface area contributed by atoms with Gasteiger partial charge in [-0.15, -0.1) is 80.6 Å². The topological polar surface area (TPSA) is 65.9 Å². The molecule has 6 unspecified atom stereocenters. The van der Waals surface area contributed by atoms with Crippen molar-refractivity contribution in [3.63, 3.8) is 0 Å². The fraction of sp³-hybridized carbons (Fsp3) is 0.708. The number of aromatic nitrogens is 1.